The zero-order valence-electron chi connectivity index (χ0n) is 13.9. The number of methoxy groups -OCH3 is 1. The first-order chi connectivity index (χ1) is 11.0. The van der Waals surface area contributed by atoms with E-state index in [9.17, 15) is 4.79 Å². The number of nitrogens with zero attached hydrogens (tertiary/aromatic N) is 1. The molecule has 0 unspecified atom stereocenters. The molecule has 0 radical (unpaired) electrons. The molecule has 3 N–H and O–H groups in total. The minimum absolute atomic E-state index is 0.0121. The molecular weight excluding hydrogens is 294 g/mol. The van der Waals surface area contributed by atoms with Crippen LogP contribution in [0.25, 0.3) is 10.9 Å². The second kappa shape index (κ2) is 7.99. The van der Waals surface area contributed by atoms with Gasteiger partial charge in [0.1, 0.15) is 0 Å². The summed E-state index contributed by atoms with van der Waals surface area (Å²) in [5.41, 5.74) is 1.85. The van der Waals surface area contributed by atoms with E-state index in [1.807, 2.05) is 44.3 Å². The van der Waals surface area contributed by atoms with Crippen molar-refractivity contribution in [3.8, 4) is 0 Å². The second-order valence-electron chi connectivity index (χ2n) is 5.82. The van der Waals surface area contributed by atoms with Crippen LogP contribution in [0.3, 0.4) is 0 Å². The molecule has 0 aliphatic carbocycles. The van der Waals surface area contributed by atoms with Crippen molar-refractivity contribution in [2.45, 2.75) is 26.4 Å². The van der Waals surface area contributed by atoms with Crippen molar-refractivity contribution >= 4 is 22.6 Å². The van der Waals surface area contributed by atoms with Gasteiger partial charge in [-0.05, 0) is 37.1 Å². The number of anilines is 1. The lowest BCUT2D eigenvalue weighted by atomic mass is 10.1. The van der Waals surface area contributed by atoms with Crippen molar-refractivity contribution in [2.24, 2.45) is 5.92 Å². The van der Waals surface area contributed by atoms with Crippen LogP contribution in [0, 0.1) is 5.92 Å². The number of hydrogen-bond donors (Lipinski definition) is 3. The number of aliphatic hydroxyl groups excluding tert-OH is 1. The summed E-state index contributed by atoms with van der Waals surface area (Å²) in [5, 5.41) is 15.8. The molecule has 2 rings (SSSR count). The van der Waals surface area contributed by atoms with Gasteiger partial charge in [0.25, 0.3) is 0 Å². The fraction of sp³-hybridized carbons (Fsp3) is 0.471. The van der Waals surface area contributed by atoms with Gasteiger partial charge in [-0.25, -0.2) is 4.79 Å². The van der Waals surface area contributed by atoms with Crippen molar-refractivity contribution in [3.63, 3.8) is 0 Å². The average Bonchev–Trinajstić information content (AvgIpc) is 2.94. The van der Waals surface area contributed by atoms with Crippen LogP contribution in [-0.2, 0) is 11.3 Å². The Kier molecular flexibility index (Phi) is 6.01. The molecule has 2 atom stereocenters. The van der Waals surface area contributed by atoms with Crippen molar-refractivity contribution < 1.29 is 14.6 Å². The van der Waals surface area contributed by atoms with Crippen LogP contribution in [0.5, 0.6) is 0 Å². The van der Waals surface area contributed by atoms with E-state index < -0.39 is 0 Å². The van der Waals surface area contributed by atoms with E-state index in [0.29, 0.717) is 6.61 Å². The molecule has 0 saturated carbocycles. The van der Waals surface area contributed by atoms with Gasteiger partial charge in [0, 0.05) is 49.1 Å². The molecule has 1 aromatic heterocycles. The van der Waals surface area contributed by atoms with E-state index >= 15 is 0 Å². The molecule has 2 aromatic rings. The topological polar surface area (TPSA) is 75.5 Å². The maximum Gasteiger partial charge on any atom is 0.319 e. The number of aromatic nitrogens is 1. The van der Waals surface area contributed by atoms with Gasteiger partial charge in [-0.3, -0.25) is 0 Å². The first-order valence-electron chi connectivity index (χ1n) is 7.81. The summed E-state index contributed by atoms with van der Waals surface area (Å²) in [5.74, 6) is 0.0121. The number of hydrogen-bond acceptors (Lipinski definition) is 3. The van der Waals surface area contributed by atoms with Crippen molar-refractivity contribution in [1.82, 2.24) is 9.88 Å². The lowest BCUT2D eigenvalue weighted by Gasteiger charge is -2.19. The number of nitrogens with one attached hydrogen (secondary N) is 2. The van der Waals surface area contributed by atoms with Gasteiger partial charge >= 0.3 is 6.03 Å². The molecule has 2 amide bonds. The molecule has 0 bridgehead atoms. The highest BCUT2D eigenvalue weighted by Gasteiger charge is 2.14. The lowest BCUT2D eigenvalue weighted by molar-refractivity contribution is 0.188. The predicted octanol–water partition coefficient (Wildman–Crippen LogP) is 2.43. The van der Waals surface area contributed by atoms with Gasteiger partial charge in [-0.1, -0.05) is 6.92 Å². The number of carbonyl (C=O) groups excluding carboxylic acids is 1. The Morgan fingerprint density at radius 2 is 2.13 bits per heavy atom. The summed E-state index contributed by atoms with van der Waals surface area (Å²) in [6.45, 7) is 5.26. The highest BCUT2D eigenvalue weighted by molar-refractivity contribution is 5.93. The molecule has 0 spiro atoms. The quantitative estimate of drug-likeness (QED) is 0.733. The summed E-state index contributed by atoms with van der Waals surface area (Å²) >= 11 is 0. The Morgan fingerprint density at radius 1 is 1.35 bits per heavy atom. The number of fused-ring (bicyclic) bond motifs is 1. The Morgan fingerprint density at radius 3 is 2.83 bits per heavy atom. The predicted molar refractivity (Wildman–Crippen MR) is 91.7 cm³/mol. The van der Waals surface area contributed by atoms with E-state index in [0.717, 1.165) is 23.1 Å². The van der Waals surface area contributed by atoms with Gasteiger partial charge in [-0.15, -0.1) is 0 Å². The SMILES string of the molecule is COCCn1ccc2cc(NC(=O)N[C@@H](C)[C@H](C)CO)ccc21. The molecule has 0 aliphatic heterocycles. The maximum absolute atomic E-state index is 12.0. The molecule has 0 saturated heterocycles. The third kappa shape index (κ3) is 4.46. The number of urea groups is 1. The van der Waals surface area contributed by atoms with Crippen LogP contribution in [-0.4, -0.2) is 42.1 Å². The molecule has 23 heavy (non-hydrogen) atoms. The average molecular weight is 319 g/mol. The third-order valence-electron chi connectivity index (χ3n) is 4.07. The van der Waals surface area contributed by atoms with E-state index in [2.05, 4.69) is 15.2 Å². The molecule has 1 aromatic carbocycles. The summed E-state index contributed by atoms with van der Waals surface area (Å²) in [4.78, 5) is 12.0. The highest BCUT2D eigenvalue weighted by atomic mass is 16.5. The first-order valence-corrected chi connectivity index (χ1v) is 7.81. The lowest BCUT2D eigenvalue weighted by Crippen LogP contribution is -2.40. The number of carbonyl (C=O) groups is 1. The van der Waals surface area contributed by atoms with Crippen LogP contribution < -0.4 is 10.6 Å². The molecule has 0 fully saturated rings. The Balaban J connectivity index is 2.02. The number of aliphatic hydroxyl groups is 1. The molecule has 126 valence electrons. The van der Waals surface area contributed by atoms with E-state index in [-0.39, 0.29) is 24.6 Å². The zero-order chi connectivity index (χ0) is 16.8. The number of rotatable bonds is 7. The molecule has 6 heteroatoms. The largest absolute Gasteiger partial charge is 0.396 e. The van der Waals surface area contributed by atoms with E-state index in [4.69, 9.17) is 9.84 Å². The van der Waals surface area contributed by atoms with Gasteiger partial charge in [0.05, 0.1) is 6.61 Å². The molecule has 1 heterocycles. The fourth-order valence-electron chi connectivity index (χ4n) is 2.34. The maximum atomic E-state index is 12.0. The van der Waals surface area contributed by atoms with Crippen LogP contribution in [0.4, 0.5) is 10.5 Å². The molecule has 0 aliphatic rings. The Hall–Kier alpha value is -2.05. The summed E-state index contributed by atoms with van der Waals surface area (Å²) in [7, 11) is 1.69. The summed E-state index contributed by atoms with van der Waals surface area (Å²) in [6, 6.07) is 7.46. The van der Waals surface area contributed by atoms with Crippen LogP contribution in [0.2, 0.25) is 0 Å². The van der Waals surface area contributed by atoms with Gasteiger partial charge in [-0.2, -0.15) is 0 Å². The highest BCUT2D eigenvalue weighted by Crippen LogP contribution is 2.20. The van der Waals surface area contributed by atoms with Gasteiger partial charge in [0.2, 0.25) is 0 Å². The first kappa shape index (κ1) is 17.3. The van der Waals surface area contributed by atoms with Crippen molar-refractivity contribution in [3.05, 3.63) is 30.5 Å². The summed E-state index contributed by atoms with van der Waals surface area (Å²) in [6.07, 6.45) is 2.01. The fourth-order valence-corrected chi connectivity index (χ4v) is 2.34. The van der Waals surface area contributed by atoms with Crippen LogP contribution >= 0.6 is 0 Å². The smallest absolute Gasteiger partial charge is 0.319 e. The van der Waals surface area contributed by atoms with E-state index in [1.54, 1.807) is 7.11 Å². The molecule has 6 nitrogen and oxygen atoms in total. The Bertz CT molecular complexity index is 654. The second-order valence-corrected chi connectivity index (χ2v) is 5.82. The number of ether oxygens (including phenoxy) is 1. The molecular formula is C17H25N3O3. The van der Waals surface area contributed by atoms with Crippen molar-refractivity contribution in [2.75, 3.05) is 25.6 Å². The zero-order valence-corrected chi connectivity index (χ0v) is 13.9. The standard InChI is InChI=1S/C17H25N3O3/c1-12(11-21)13(2)18-17(22)19-15-4-5-16-14(10-15)6-7-20(16)8-9-23-3/h4-7,10,12-13,21H,8-9,11H2,1-3H3,(H2,18,19,22)/t12-,13+/m1/s1. The van der Waals surface area contributed by atoms with E-state index in [1.165, 1.54) is 0 Å². The van der Waals surface area contributed by atoms with Crippen LogP contribution in [0.1, 0.15) is 13.8 Å². The normalized spacial score (nSPS) is 13.7. The monoisotopic (exact) mass is 319 g/mol. The Labute approximate surface area is 136 Å². The minimum Gasteiger partial charge on any atom is -0.396 e. The number of amides is 2. The summed E-state index contributed by atoms with van der Waals surface area (Å²) < 4.78 is 7.22. The van der Waals surface area contributed by atoms with Gasteiger partial charge < -0.3 is 25.0 Å². The van der Waals surface area contributed by atoms with Crippen molar-refractivity contribution in [1.29, 1.82) is 0 Å². The van der Waals surface area contributed by atoms with Gasteiger partial charge in [0.15, 0.2) is 0 Å². The van der Waals surface area contributed by atoms with Crippen LogP contribution in [0.15, 0.2) is 30.5 Å². The third-order valence-corrected chi connectivity index (χ3v) is 4.07. The number of benzene rings is 1. The minimum atomic E-state index is -0.268.